The summed E-state index contributed by atoms with van der Waals surface area (Å²) in [6, 6.07) is 0. The zero-order chi connectivity index (χ0) is 14.3. The normalized spacial score (nSPS) is 22.7. The number of fused-ring (bicyclic) bond motifs is 1. The van der Waals surface area contributed by atoms with Crippen LogP contribution >= 0.6 is 0 Å². The molecule has 6 N–H and O–H groups in total. The molecule has 2 atom stereocenters. The van der Waals surface area contributed by atoms with E-state index in [-0.39, 0.29) is 37.0 Å². The molecule has 8 nitrogen and oxygen atoms in total. The van der Waals surface area contributed by atoms with Crippen molar-refractivity contribution in [2.75, 3.05) is 12.3 Å². The fourth-order valence-electron chi connectivity index (χ4n) is 2.65. The van der Waals surface area contributed by atoms with Crippen LogP contribution in [0.5, 0.6) is 0 Å². The summed E-state index contributed by atoms with van der Waals surface area (Å²) < 4.78 is 7.50. The van der Waals surface area contributed by atoms with E-state index in [0.717, 1.165) is 12.8 Å². The van der Waals surface area contributed by atoms with Gasteiger partial charge in [0, 0.05) is 12.7 Å². The maximum Gasteiger partial charge on any atom is 0.262 e. The van der Waals surface area contributed by atoms with E-state index >= 15 is 0 Å². The van der Waals surface area contributed by atoms with Crippen LogP contribution in [0.15, 0.2) is 11.0 Å². The van der Waals surface area contributed by atoms with Gasteiger partial charge in [0.2, 0.25) is 5.95 Å². The minimum absolute atomic E-state index is 0.0183. The number of hydrogen-bond donors (Lipinski definition) is 4. The molecule has 0 spiro atoms. The number of nitrogen functional groups attached to an aromatic ring is 1. The number of nitrogens with zero attached hydrogens (tertiary/aromatic N) is 2. The molecule has 1 fully saturated rings. The number of hydrogen-bond acceptors (Lipinski definition) is 6. The summed E-state index contributed by atoms with van der Waals surface area (Å²) >= 11 is 0. The van der Waals surface area contributed by atoms with E-state index in [9.17, 15) is 4.79 Å². The second-order valence-corrected chi connectivity index (χ2v) is 4.89. The fraction of sp³-hybridized carbons (Fsp3) is 0.500. The number of aromatic nitrogens is 3. The Hall–Kier alpha value is -1.90. The van der Waals surface area contributed by atoms with Crippen LogP contribution in [0.3, 0.4) is 0 Å². The number of rotatable bonds is 3. The molecule has 0 bridgehead atoms. The third-order valence-corrected chi connectivity index (χ3v) is 3.60. The topological polar surface area (TPSA) is 132 Å². The Morgan fingerprint density at radius 1 is 1.55 bits per heavy atom. The van der Waals surface area contributed by atoms with Gasteiger partial charge in [-0.25, -0.2) is 0 Å². The molecule has 3 heterocycles. The van der Waals surface area contributed by atoms with E-state index in [1.165, 1.54) is 0 Å². The summed E-state index contributed by atoms with van der Waals surface area (Å²) in [6.45, 7) is 0.212. The molecule has 0 saturated carbocycles. The zero-order valence-corrected chi connectivity index (χ0v) is 10.9. The van der Waals surface area contributed by atoms with Gasteiger partial charge in [-0.05, 0) is 18.4 Å². The Balaban J connectivity index is 2.14. The standard InChI is InChI=1S/C12H17N5O3/c13-3-6-4-17(8-2-1-7(5-18)20-8)10-9(6)11(19)16-12(14)15-10/h4,7-8,18H,1-3,5,13H2,(H3,14,15,16,19). The van der Waals surface area contributed by atoms with E-state index in [1.807, 2.05) is 0 Å². The summed E-state index contributed by atoms with van der Waals surface area (Å²) in [6.07, 6.45) is 2.84. The van der Waals surface area contributed by atoms with Gasteiger partial charge in [-0.1, -0.05) is 0 Å². The summed E-state index contributed by atoms with van der Waals surface area (Å²) in [4.78, 5) is 18.7. The first-order valence-electron chi connectivity index (χ1n) is 6.49. The van der Waals surface area contributed by atoms with E-state index in [2.05, 4.69) is 9.97 Å². The second kappa shape index (κ2) is 4.89. The molecular weight excluding hydrogens is 262 g/mol. The molecule has 1 aliphatic heterocycles. The molecule has 0 radical (unpaired) electrons. The van der Waals surface area contributed by atoms with Gasteiger partial charge in [0.05, 0.1) is 18.1 Å². The maximum absolute atomic E-state index is 12.0. The van der Waals surface area contributed by atoms with Gasteiger partial charge < -0.3 is 25.9 Å². The zero-order valence-electron chi connectivity index (χ0n) is 10.9. The number of aliphatic hydroxyl groups is 1. The molecule has 2 unspecified atom stereocenters. The van der Waals surface area contributed by atoms with Crippen molar-refractivity contribution >= 4 is 17.0 Å². The van der Waals surface area contributed by atoms with Crippen LogP contribution in [-0.4, -0.2) is 32.4 Å². The number of H-pyrrole nitrogens is 1. The monoisotopic (exact) mass is 279 g/mol. The summed E-state index contributed by atoms with van der Waals surface area (Å²) in [7, 11) is 0. The highest BCUT2D eigenvalue weighted by molar-refractivity contribution is 5.80. The number of nitrogens with one attached hydrogen (secondary N) is 1. The number of nitrogens with two attached hydrogens (primary N) is 2. The minimum atomic E-state index is -0.302. The van der Waals surface area contributed by atoms with Crippen molar-refractivity contribution in [2.24, 2.45) is 5.73 Å². The molecular formula is C12H17N5O3. The highest BCUT2D eigenvalue weighted by Gasteiger charge is 2.28. The Kier molecular flexibility index (Phi) is 3.20. The quantitative estimate of drug-likeness (QED) is 0.595. The van der Waals surface area contributed by atoms with Gasteiger partial charge >= 0.3 is 0 Å². The first-order chi connectivity index (χ1) is 9.63. The Morgan fingerprint density at radius 2 is 2.35 bits per heavy atom. The maximum atomic E-state index is 12.0. The number of ether oxygens (including phenoxy) is 1. The lowest BCUT2D eigenvalue weighted by Gasteiger charge is -2.14. The molecule has 0 aromatic carbocycles. The second-order valence-electron chi connectivity index (χ2n) is 4.89. The average molecular weight is 279 g/mol. The van der Waals surface area contributed by atoms with Crippen LogP contribution in [-0.2, 0) is 11.3 Å². The Morgan fingerprint density at radius 3 is 3.00 bits per heavy atom. The van der Waals surface area contributed by atoms with Gasteiger partial charge in [0.1, 0.15) is 6.23 Å². The summed E-state index contributed by atoms with van der Waals surface area (Å²) in [5.74, 6) is 0.0575. The van der Waals surface area contributed by atoms with Crippen molar-refractivity contribution in [3.8, 4) is 0 Å². The molecule has 0 aliphatic carbocycles. The van der Waals surface area contributed by atoms with Gasteiger partial charge in [0.25, 0.3) is 5.56 Å². The minimum Gasteiger partial charge on any atom is -0.394 e. The van der Waals surface area contributed by atoms with Crippen molar-refractivity contribution < 1.29 is 9.84 Å². The van der Waals surface area contributed by atoms with Crippen LogP contribution in [0.25, 0.3) is 11.0 Å². The van der Waals surface area contributed by atoms with Crippen LogP contribution < -0.4 is 17.0 Å². The van der Waals surface area contributed by atoms with Crippen molar-refractivity contribution in [3.63, 3.8) is 0 Å². The molecule has 20 heavy (non-hydrogen) atoms. The van der Waals surface area contributed by atoms with Gasteiger partial charge in [-0.2, -0.15) is 4.98 Å². The van der Waals surface area contributed by atoms with Crippen molar-refractivity contribution in [3.05, 3.63) is 22.1 Å². The summed E-state index contributed by atoms with van der Waals surface area (Å²) in [5, 5.41) is 9.58. The Labute approximate surface area is 114 Å². The van der Waals surface area contributed by atoms with E-state index in [0.29, 0.717) is 16.6 Å². The molecule has 108 valence electrons. The molecule has 0 amide bonds. The van der Waals surface area contributed by atoms with E-state index < -0.39 is 0 Å². The molecule has 2 aromatic rings. The third-order valence-electron chi connectivity index (χ3n) is 3.60. The van der Waals surface area contributed by atoms with Crippen LogP contribution in [0, 0.1) is 0 Å². The predicted molar refractivity (Wildman–Crippen MR) is 72.9 cm³/mol. The number of aliphatic hydroxyl groups excluding tert-OH is 1. The van der Waals surface area contributed by atoms with E-state index in [1.54, 1.807) is 10.8 Å². The first-order valence-corrected chi connectivity index (χ1v) is 6.49. The molecule has 1 saturated heterocycles. The van der Waals surface area contributed by atoms with Crippen LogP contribution in [0.1, 0.15) is 24.6 Å². The smallest absolute Gasteiger partial charge is 0.262 e. The lowest BCUT2D eigenvalue weighted by molar-refractivity contribution is -0.0205. The van der Waals surface area contributed by atoms with Crippen molar-refractivity contribution in [1.82, 2.24) is 14.5 Å². The fourth-order valence-corrected chi connectivity index (χ4v) is 2.65. The van der Waals surface area contributed by atoms with Crippen LogP contribution in [0.2, 0.25) is 0 Å². The SMILES string of the molecule is NCc1cn(C2CCC(CO)O2)c2nc(N)[nH]c(=O)c12. The van der Waals surface area contributed by atoms with Gasteiger partial charge in [-0.15, -0.1) is 0 Å². The molecule has 8 heteroatoms. The number of aromatic amines is 1. The average Bonchev–Trinajstić information content (AvgIpc) is 3.01. The molecule has 3 rings (SSSR count). The molecule has 2 aromatic heterocycles. The Bertz CT molecular complexity index is 692. The van der Waals surface area contributed by atoms with Crippen molar-refractivity contribution in [1.29, 1.82) is 0 Å². The lowest BCUT2D eigenvalue weighted by atomic mass is 10.2. The lowest BCUT2D eigenvalue weighted by Crippen LogP contribution is -2.16. The largest absolute Gasteiger partial charge is 0.394 e. The number of anilines is 1. The van der Waals surface area contributed by atoms with Gasteiger partial charge in [-0.3, -0.25) is 9.78 Å². The predicted octanol–water partition coefficient (Wildman–Crippen LogP) is -0.565. The van der Waals surface area contributed by atoms with Crippen molar-refractivity contribution in [2.45, 2.75) is 31.7 Å². The highest BCUT2D eigenvalue weighted by atomic mass is 16.5. The highest BCUT2D eigenvalue weighted by Crippen LogP contribution is 2.31. The third kappa shape index (κ3) is 1.98. The van der Waals surface area contributed by atoms with E-state index in [4.69, 9.17) is 21.3 Å². The summed E-state index contributed by atoms with van der Waals surface area (Å²) in [5.41, 5.74) is 12.2. The van der Waals surface area contributed by atoms with Gasteiger partial charge in [0.15, 0.2) is 5.65 Å². The molecule has 1 aliphatic rings. The van der Waals surface area contributed by atoms with Crippen LogP contribution in [0.4, 0.5) is 5.95 Å². The first kappa shape index (κ1) is 13.1.